The molecule has 0 bridgehead atoms. The smallest absolute Gasteiger partial charge is 0.212 e. The Balaban J connectivity index is 2.47. The van der Waals surface area contributed by atoms with E-state index >= 15 is 0 Å². The van der Waals surface area contributed by atoms with Gasteiger partial charge >= 0.3 is 0 Å². The predicted octanol–water partition coefficient (Wildman–Crippen LogP) is 2.99. The number of nitrogens with zero attached hydrogens (tertiary/aromatic N) is 1. The van der Waals surface area contributed by atoms with Gasteiger partial charge in [0.1, 0.15) is 5.69 Å². The van der Waals surface area contributed by atoms with E-state index in [4.69, 9.17) is 0 Å². The van der Waals surface area contributed by atoms with Gasteiger partial charge in [-0.05, 0) is 42.5 Å². The van der Waals surface area contributed by atoms with E-state index in [2.05, 4.69) is 4.98 Å². The molecule has 0 spiro atoms. The van der Waals surface area contributed by atoms with E-state index in [9.17, 15) is 4.79 Å². The molecule has 0 N–H and O–H groups in total. The van der Waals surface area contributed by atoms with Crippen LogP contribution in [0.25, 0.3) is 0 Å². The van der Waals surface area contributed by atoms with E-state index in [0.29, 0.717) is 5.69 Å². The number of carbonyl (C=O) groups excluding carboxylic acids is 1. The standard InChI is InChI=1S/C12H11NOS/c1-8-3-5-13-11(9(8)2)12(14)10-4-6-15-7-10/h3-7H,1-2H3. The van der Waals surface area contributed by atoms with Crippen LogP contribution in [0, 0.1) is 13.8 Å². The highest BCUT2D eigenvalue weighted by atomic mass is 32.1. The monoisotopic (exact) mass is 217 g/mol. The number of carbonyl (C=O) groups is 1. The number of pyridine rings is 1. The van der Waals surface area contributed by atoms with Crippen LogP contribution in [0.4, 0.5) is 0 Å². The van der Waals surface area contributed by atoms with Crippen molar-refractivity contribution >= 4 is 17.1 Å². The summed E-state index contributed by atoms with van der Waals surface area (Å²) in [5.41, 5.74) is 3.35. The van der Waals surface area contributed by atoms with Gasteiger partial charge in [-0.25, -0.2) is 0 Å². The number of aromatic nitrogens is 1. The summed E-state index contributed by atoms with van der Waals surface area (Å²) in [7, 11) is 0. The average Bonchev–Trinajstić information content (AvgIpc) is 2.74. The molecule has 2 heterocycles. The van der Waals surface area contributed by atoms with Crippen LogP contribution >= 0.6 is 11.3 Å². The second-order valence-corrected chi connectivity index (χ2v) is 4.22. The lowest BCUT2D eigenvalue weighted by atomic mass is 10.0. The largest absolute Gasteiger partial charge is 0.287 e. The summed E-state index contributed by atoms with van der Waals surface area (Å²) in [6, 6.07) is 3.75. The molecular formula is C12H11NOS. The lowest BCUT2D eigenvalue weighted by molar-refractivity contribution is 0.103. The van der Waals surface area contributed by atoms with Crippen LogP contribution in [0.2, 0.25) is 0 Å². The first-order valence-electron chi connectivity index (χ1n) is 4.69. The number of hydrogen-bond donors (Lipinski definition) is 0. The van der Waals surface area contributed by atoms with Crippen LogP contribution in [0.1, 0.15) is 27.2 Å². The topological polar surface area (TPSA) is 30.0 Å². The Labute approximate surface area is 92.6 Å². The molecule has 2 rings (SSSR count). The molecule has 15 heavy (non-hydrogen) atoms. The van der Waals surface area contributed by atoms with Crippen molar-refractivity contribution in [1.82, 2.24) is 4.98 Å². The summed E-state index contributed by atoms with van der Waals surface area (Å²) in [5.74, 6) is 0.0115. The molecule has 0 aliphatic heterocycles. The fourth-order valence-corrected chi connectivity index (χ4v) is 2.03. The molecule has 0 unspecified atom stereocenters. The Morgan fingerprint density at radius 3 is 2.80 bits per heavy atom. The molecule has 0 saturated carbocycles. The van der Waals surface area contributed by atoms with Crippen molar-refractivity contribution in [2.75, 3.05) is 0 Å². The van der Waals surface area contributed by atoms with Crippen molar-refractivity contribution in [2.24, 2.45) is 0 Å². The first-order chi connectivity index (χ1) is 7.20. The lowest BCUT2D eigenvalue weighted by Crippen LogP contribution is -2.06. The third-order valence-corrected chi connectivity index (χ3v) is 3.16. The summed E-state index contributed by atoms with van der Waals surface area (Å²) in [6.45, 7) is 3.92. The summed E-state index contributed by atoms with van der Waals surface area (Å²) in [6.07, 6.45) is 1.68. The van der Waals surface area contributed by atoms with Crippen LogP contribution in [0.5, 0.6) is 0 Å². The number of rotatable bonds is 2. The molecule has 0 amide bonds. The molecule has 2 aromatic rings. The molecule has 0 aliphatic carbocycles. The summed E-state index contributed by atoms with van der Waals surface area (Å²) in [4.78, 5) is 16.2. The molecule has 2 aromatic heterocycles. The van der Waals surface area contributed by atoms with E-state index in [1.807, 2.05) is 36.7 Å². The van der Waals surface area contributed by atoms with E-state index in [1.54, 1.807) is 6.20 Å². The first kappa shape index (κ1) is 10.1. The second kappa shape index (κ2) is 3.95. The van der Waals surface area contributed by atoms with Gasteiger partial charge in [0.05, 0.1) is 0 Å². The Hall–Kier alpha value is -1.48. The van der Waals surface area contributed by atoms with Crippen molar-refractivity contribution in [3.63, 3.8) is 0 Å². The van der Waals surface area contributed by atoms with E-state index in [1.165, 1.54) is 11.3 Å². The van der Waals surface area contributed by atoms with Gasteiger partial charge in [-0.15, -0.1) is 0 Å². The zero-order valence-electron chi connectivity index (χ0n) is 8.65. The van der Waals surface area contributed by atoms with Crippen LogP contribution < -0.4 is 0 Å². The normalized spacial score (nSPS) is 10.3. The molecule has 2 nitrogen and oxygen atoms in total. The number of ketones is 1. The van der Waals surface area contributed by atoms with Crippen LogP contribution in [0.3, 0.4) is 0 Å². The van der Waals surface area contributed by atoms with Crippen molar-refractivity contribution in [2.45, 2.75) is 13.8 Å². The summed E-state index contributed by atoms with van der Waals surface area (Å²) >= 11 is 1.52. The molecule has 0 aliphatic rings. The first-order valence-corrected chi connectivity index (χ1v) is 5.63. The Bertz CT molecular complexity index is 488. The second-order valence-electron chi connectivity index (χ2n) is 3.44. The van der Waals surface area contributed by atoms with Gasteiger partial charge in [-0.2, -0.15) is 11.3 Å². The van der Waals surface area contributed by atoms with Gasteiger partial charge in [0, 0.05) is 17.1 Å². The van der Waals surface area contributed by atoms with Crippen molar-refractivity contribution in [1.29, 1.82) is 0 Å². The van der Waals surface area contributed by atoms with E-state index in [-0.39, 0.29) is 5.78 Å². The fourth-order valence-electron chi connectivity index (χ4n) is 1.39. The fraction of sp³-hybridized carbons (Fsp3) is 0.167. The molecule has 0 aromatic carbocycles. The third kappa shape index (κ3) is 1.83. The third-order valence-electron chi connectivity index (χ3n) is 2.47. The molecular weight excluding hydrogens is 206 g/mol. The Morgan fingerprint density at radius 1 is 1.33 bits per heavy atom. The zero-order valence-corrected chi connectivity index (χ0v) is 9.47. The van der Waals surface area contributed by atoms with Gasteiger partial charge < -0.3 is 0 Å². The maximum atomic E-state index is 12.0. The molecule has 3 heteroatoms. The zero-order chi connectivity index (χ0) is 10.8. The molecule has 76 valence electrons. The summed E-state index contributed by atoms with van der Waals surface area (Å²) in [5, 5.41) is 3.75. The van der Waals surface area contributed by atoms with E-state index < -0.39 is 0 Å². The van der Waals surface area contributed by atoms with Crippen LogP contribution in [0.15, 0.2) is 29.1 Å². The lowest BCUT2D eigenvalue weighted by Gasteiger charge is -2.04. The molecule has 0 fully saturated rings. The highest BCUT2D eigenvalue weighted by molar-refractivity contribution is 7.08. The van der Waals surface area contributed by atoms with Gasteiger partial charge in [-0.3, -0.25) is 9.78 Å². The van der Waals surface area contributed by atoms with Crippen LogP contribution in [-0.2, 0) is 0 Å². The van der Waals surface area contributed by atoms with Crippen LogP contribution in [-0.4, -0.2) is 10.8 Å². The summed E-state index contributed by atoms with van der Waals surface area (Å²) < 4.78 is 0. The van der Waals surface area contributed by atoms with Gasteiger partial charge in [0.25, 0.3) is 0 Å². The average molecular weight is 217 g/mol. The van der Waals surface area contributed by atoms with Gasteiger partial charge in [0.2, 0.25) is 5.78 Å². The van der Waals surface area contributed by atoms with Crippen molar-refractivity contribution < 1.29 is 4.79 Å². The molecule has 0 radical (unpaired) electrons. The van der Waals surface area contributed by atoms with Crippen molar-refractivity contribution in [3.05, 3.63) is 51.5 Å². The Morgan fingerprint density at radius 2 is 2.13 bits per heavy atom. The number of thiophene rings is 1. The van der Waals surface area contributed by atoms with Gasteiger partial charge in [0.15, 0.2) is 0 Å². The Kier molecular flexibility index (Phi) is 2.64. The van der Waals surface area contributed by atoms with E-state index in [0.717, 1.165) is 16.7 Å². The minimum Gasteiger partial charge on any atom is -0.287 e. The minimum absolute atomic E-state index is 0.0115. The predicted molar refractivity (Wildman–Crippen MR) is 61.5 cm³/mol. The maximum Gasteiger partial charge on any atom is 0.212 e. The quantitative estimate of drug-likeness (QED) is 0.724. The number of aryl methyl sites for hydroxylation is 1. The van der Waals surface area contributed by atoms with Gasteiger partial charge in [-0.1, -0.05) is 0 Å². The molecule has 0 saturated heterocycles. The highest BCUT2D eigenvalue weighted by Crippen LogP contribution is 2.16. The molecule has 0 atom stereocenters. The highest BCUT2D eigenvalue weighted by Gasteiger charge is 2.14. The van der Waals surface area contributed by atoms with Crippen molar-refractivity contribution in [3.8, 4) is 0 Å². The maximum absolute atomic E-state index is 12.0. The number of hydrogen-bond acceptors (Lipinski definition) is 3. The SMILES string of the molecule is Cc1ccnc(C(=O)c2ccsc2)c1C. The minimum atomic E-state index is 0.0115.